The molecule has 0 bridgehead atoms. The van der Waals surface area contributed by atoms with Crippen LogP contribution < -0.4 is 4.90 Å². The Labute approximate surface area is 111 Å². The maximum absolute atomic E-state index is 11.7. The summed E-state index contributed by atoms with van der Waals surface area (Å²) in [6.07, 6.45) is 2.63. The van der Waals surface area contributed by atoms with Gasteiger partial charge in [0.25, 0.3) is 0 Å². The van der Waals surface area contributed by atoms with Gasteiger partial charge in [-0.3, -0.25) is 9.69 Å². The largest absolute Gasteiger partial charge is 0.286 e. The number of rotatable bonds is 4. The van der Waals surface area contributed by atoms with E-state index in [4.69, 9.17) is 0 Å². The van der Waals surface area contributed by atoms with E-state index in [1.54, 1.807) is 16.2 Å². The smallest absolute Gasteiger partial charge is 0.230 e. The summed E-state index contributed by atoms with van der Waals surface area (Å²) in [7, 11) is 0. The van der Waals surface area contributed by atoms with Crippen molar-refractivity contribution >= 4 is 35.0 Å². The van der Waals surface area contributed by atoms with E-state index in [0.717, 1.165) is 23.0 Å². The number of aromatic nitrogens is 2. The molecule has 1 saturated heterocycles. The third-order valence-corrected chi connectivity index (χ3v) is 4.55. The summed E-state index contributed by atoms with van der Waals surface area (Å²) in [6, 6.07) is 0. The Morgan fingerprint density at radius 2 is 2.18 bits per heavy atom. The molecule has 4 nitrogen and oxygen atoms in total. The van der Waals surface area contributed by atoms with Gasteiger partial charge in [-0.25, -0.2) is 0 Å². The second-order valence-corrected chi connectivity index (χ2v) is 6.02. The number of nitrogens with zero attached hydrogens (tertiary/aromatic N) is 3. The molecule has 1 aromatic heterocycles. The molecular weight excluding hydrogens is 254 g/mol. The van der Waals surface area contributed by atoms with Crippen molar-refractivity contribution in [3.05, 3.63) is 5.01 Å². The molecule has 2 rings (SSSR count). The molecule has 17 heavy (non-hydrogen) atoms. The third-order valence-electron chi connectivity index (χ3n) is 3.10. The fourth-order valence-corrected chi connectivity index (χ4v) is 3.47. The van der Waals surface area contributed by atoms with Gasteiger partial charge in [-0.2, -0.15) is 12.6 Å². The molecule has 1 aliphatic rings. The average molecular weight is 271 g/mol. The van der Waals surface area contributed by atoms with Crippen molar-refractivity contribution in [2.75, 3.05) is 11.4 Å². The van der Waals surface area contributed by atoms with E-state index in [0.29, 0.717) is 18.9 Å². The highest BCUT2D eigenvalue weighted by molar-refractivity contribution is 7.81. The maximum Gasteiger partial charge on any atom is 0.230 e. The van der Waals surface area contributed by atoms with E-state index < -0.39 is 0 Å². The predicted molar refractivity (Wildman–Crippen MR) is 73.0 cm³/mol. The Morgan fingerprint density at radius 3 is 2.71 bits per heavy atom. The zero-order chi connectivity index (χ0) is 12.4. The molecule has 1 aromatic rings. The topological polar surface area (TPSA) is 46.1 Å². The van der Waals surface area contributed by atoms with Crippen molar-refractivity contribution in [2.45, 2.75) is 44.3 Å². The first kappa shape index (κ1) is 12.8. The molecule has 1 amide bonds. The lowest BCUT2D eigenvalue weighted by Gasteiger charge is -2.10. The monoisotopic (exact) mass is 271 g/mol. The fraction of sp³-hybridized carbons (Fsp3) is 0.727. The van der Waals surface area contributed by atoms with E-state index in [2.05, 4.69) is 36.7 Å². The number of thiol groups is 1. The van der Waals surface area contributed by atoms with Gasteiger partial charge in [0.1, 0.15) is 5.01 Å². The van der Waals surface area contributed by atoms with Crippen LogP contribution in [0.5, 0.6) is 0 Å². The molecule has 0 radical (unpaired) electrons. The molecular formula is C11H17N3OS2. The Hall–Kier alpha value is -0.620. The van der Waals surface area contributed by atoms with Crippen LogP contribution in [0.2, 0.25) is 0 Å². The van der Waals surface area contributed by atoms with Crippen molar-refractivity contribution in [1.82, 2.24) is 10.2 Å². The van der Waals surface area contributed by atoms with Crippen molar-refractivity contribution in [2.24, 2.45) is 0 Å². The minimum atomic E-state index is 0.109. The van der Waals surface area contributed by atoms with E-state index in [1.807, 2.05) is 0 Å². The predicted octanol–water partition coefficient (Wildman–Crippen LogP) is 2.48. The minimum absolute atomic E-state index is 0.109. The molecule has 1 aliphatic heterocycles. The lowest BCUT2D eigenvalue weighted by atomic mass is 10.1. The molecule has 1 unspecified atom stereocenters. The zero-order valence-corrected chi connectivity index (χ0v) is 11.8. The number of hydrogen-bond donors (Lipinski definition) is 1. The van der Waals surface area contributed by atoms with Crippen LogP contribution in [-0.4, -0.2) is 27.9 Å². The second-order valence-electron chi connectivity index (χ2n) is 4.30. The zero-order valence-electron chi connectivity index (χ0n) is 10.1. The van der Waals surface area contributed by atoms with Crippen LogP contribution in [0.3, 0.4) is 0 Å². The fourth-order valence-electron chi connectivity index (χ4n) is 2.01. The first-order chi connectivity index (χ1) is 8.15. The van der Waals surface area contributed by atoms with Gasteiger partial charge in [-0.15, -0.1) is 10.2 Å². The Balaban J connectivity index is 2.15. The minimum Gasteiger partial charge on any atom is -0.286 e. The van der Waals surface area contributed by atoms with Crippen LogP contribution in [-0.2, 0) is 4.79 Å². The summed E-state index contributed by atoms with van der Waals surface area (Å²) in [5.41, 5.74) is 0. The summed E-state index contributed by atoms with van der Waals surface area (Å²) < 4.78 is 0. The molecule has 2 heterocycles. The van der Waals surface area contributed by atoms with Gasteiger partial charge in [0, 0.05) is 24.1 Å². The normalized spacial score (nSPS) is 20.6. The summed E-state index contributed by atoms with van der Waals surface area (Å²) >= 11 is 5.88. The molecule has 1 atom stereocenters. The lowest BCUT2D eigenvalue weighted by molar-refractivity contribution is -0.117. The van der Waals surface area contributed by atoms with Gasteiger partial charge in [0.05, 0.1) is 0 Å². The number of amides is 1. The van der Waals surface area contributed by atoms with Crippen LogP contribution >= 0.6 is 24.0 Å². The number of carbonyl (C=O) groups is 1. The number of hydrogen-bond acceptors (Lipinski definition) is 5. The van der Waals surface area contributed by atoms with Gasteiger partial charge < -0.3 is 0 Å². The quantitative estimate of drug-likeness (QED) is 0.856. The van der Waals surface area contributed by atoms with Crippen LogP contribution in [0, 0.1) is 0 Å². The van der Waals surface area contributed by atoms with Crippen LogP contribution in [0.4, 0.5) is 5.13 Å². The van der Waals surface area contributed by atoms with Gasteiger partial charge in [0.2, 0.25) is 11.0 Å². The first-order valence-electron chi connectivity index (χ1n) is 5.97. The van der Waals surface area contributed by atoms with Gasteiger partial charge in [-0.1, -0.05) is 25.2 Å². The molecule has 1 fully saturated rings. The van der Waals surface area contributed by atoms with Crippen molar-refractivity contribution in [3.8, 4) is 0 Å². The average Bonchev–Trinajstić information content (AvgIpc) is 2.87. The van der Waals surface area contributed by atoms with Crippen molar-refractivity contribution in [1.29, 1.82) is 0 Å². The molecule has 0 saturated carbocycles. The molecule has 0 N–H and O–H groups in total. The summed E-state index contributed by atoms with van der Waals surface area (Å²) in [5, 5.41) is 10.3. The SMILES string of the molecule is CCC(CC)c1nnc(N2CC(S)CC2=O)s1. The van der Waals surface area contributed by atoms with Gasteiger partial charge in [-0.05, 0) is 12.8 Å². The Bertz CT molecular complexity index is 403. The summed E-state index contributed by atoms with van der Waals surface area (Å²) in [4.78, 5) is 13.4. The highest BCUT2D eigenvalue weighted by Crippen LogP contribution is 2.32. The summed E-state index contributed by atoms with van der Waals surface area (Å²) in [6.45, 7) is 4.96. The molecule has 6 heteroatoms. The standard InChI is InChI=1S/C11H17N3OS2/c1-3-7(4-2)10-12-13-11(17-10)14-6-8(16)5-9(14)15/h7-8,16H,3-6H2,1-2H3. The van der Waals surface area contributed by atoms with E-state index >= 15 is 0 Å². The highest BCUT2D eigenvalue weighted by atomic mass is 32.1. The summed E-state index contributed by atoms with van der Waals surface area (Å²) in [5.74, 6) is 0.572. The van der Waals surface area contributed by atoms with Crippen LogP contribution in [0.25, 0.3) is 0 Å². The molecule has 0 aromatic carbocycles. The van der Waals surface area contributed by atoms with E-state index in [-0.39, 0.29) is 11.2 Å². The number of carbonyl (C=O) groups excluding carboxylic acids is 1. The first-order valence-corrected chi connectivity index (χ1v) is 7.30. The number of anilines is 1. The van der Waals surface area contributed by atoms with E-state index in [9.17, 15) is 4.79 Å². The van der Waals surface area contributed by atoms with E-state index in [1.165, 1.54) is 0 Å². The maximum atomic E-state index is 11.7. The van der Waals surface area contributed by atoms with Crippen LogP contribution in [0.1, 0.15) is 44.0 Å². The Kier molecular flexibility index (Phi) is 4.04. The third kappa shape index (κ3) is 2.63. The highest BCUT2D eigenvalue weighted by Gasteiger charge is 2.31. The lowest BCUT2D eigenvalue weighted by Crippen LogP contribution is -2.24. The van der Waals surface area contributed by atoms with Crippen molar-refractivity contribution in [3.63, 3.8) is 0 Å². The Morgan fingerprint density at radius 1 is 1.47 bits per heavy atom. The molecule has 94 valence electrons. The second kappa shape index (κ2) is 5.35. The molecule has 0 aliphatic carbocycles. The van der Waals surface area contributed by atoms with Gasteiger partial charge in [0.15, 0.2) is 0 Å². The van der Waals surface area contributed by atoms with Crippen LogP contribution in [0.15, 0.2) is 0 Å². The van der Waals surface area contributed by atoms with Crippen molar-refractivity contribution < 1.29 is 4.79 Å². The molecule has 0 spiro atoms. The van der Waals surface area contributed by atoms with Gasteiger partial charge >= 0.3 is 0 Å².